The van der Waals surface area contributed by atoms with E-state index in [-0.39, 0.29) is 21.8 Å². The lowest BCUT2D eigenvalue weighted by Crippen LogP contribution is -2.21. The molecule has 0 radical (unpaired) electrons. The number of carbonyl (C=O) groups excluding carboxylic acids is 1. The minimum absolute atomic E-state index is 0.157. The summed E-state index contributed by atoms with van der Waals surface area (Å²) < 4.78 is 54.2. The first-order chi connectivity index (χ1) is 14.3. The van der Waals surface area contributed by atoms with Gasteiger partial charge in [-0.15, -0.1) is 10.2 Å². The Morgan fingerprint density at radius 2 is 1.93 bits per heavy atom. The highest BCUT2D eigenvalue weighted by Gasteiger charge is 2.30. The van der Waals surface area contributed by atoms with E-state index in [0.717, 1.165) is 24.0 Å². The fourth-order valence-corrected chi connectivity index (χ4v) is 3.42. The number of para-hydroxylation sites is 1. The molecule has 158 valence electrons. The molecule has 0 fully saturated rings. The Morgan fingerprint density at radius 3 is 2.57 bits per heavy atom. The van der Waals surface area contributed by atoms with Gasteiger partial charge in [0.25, 0.3) is 0 Å². The molecule has 0 atom stereocenters. The summed E-state index contributed by atoms with van der Waals surface area (Å²) in [4.78, 5) is 14.8. The van der Waals surface area contributed by atoms with Crippen molar-refractivity contribution >= 4 is 17.7 Å². The van der Waals surface area contributed by atoms with Crippen LogP contribution in [0.4, 0.5) is 17.6 Å². The number of hydrogen-bond acceptors (Lipinski definition) is 5. The van der Waals surface area contributed by atoms with Gasteiger partial charge >= 0.3 is 6.18 Å². The fourth-order valence-electron chi connectivity index (χ4n) is 2.62. The van der Waals surface area contributed by atoms with Gasteiger partial charge in [-0.1, -0.05) is 12.1 Å². The van der Waals surface area contributed by atoms with Crippen molar-refractivity contribution < 1.29 is 22.4 Å². The molecule has 0 unspecified atom stereocenters. The molecule has 30 heavy (non-hydrogen) atoms. The molecule has 1 N–H and O–H groups in total. The van der Waals surface area contributed by atoms with Gasteiger partial charge in [-0.05, 0) is 42.4 Å². The van der Waals surface area contributed by atoms with Crippen molar-refractivity contribution in [1.29, 1.82) is 0 Å². The van der Waals surface area contributed by atoms with Crippen LogP contribution in [0.15, 0.2) is 52.8 Å². The molecule has 0 aliphatic heterocycles. The number of hydrogen-bond donors (Lipinski definition) is 1. The monoisotopic (exact) mass is 439 g/mol. The van der Waals surface area contributed by atoms with E-state index >= 15 is 0 Å². The van der Waals surface area contributed by atoms with Crippen LogP contribution in [-0.4, -0.2) is 32.2 Å². The van der Waals surface area contributed by atoms with Gasteiger partial charge in [0.1, 0.15) is 16.7 Å². The average molecular weight is 439 g/mol. The Hall–Kier alpha value is -2.95. The SMILES string of the molecule is CC(=O)NCCCc1nnc(Sc2ccc(C(F)(F)F)cn2)n1-c1ccccc1F. The molecule has 0 saturated heterocycles. The van der Waals surface area contributed by atoms with Crippen molar-refractivity contribution in [2.45, 2.75) is 36.1 Å². The van der Waals surface area contributed by atoms with Crippen LogP contribution in [-0.2, 0) is 17.4 Å². The molecule has 11 heteroatoms. The maximum absolute atomic E-state index is 14.4. The van der Waals surface area contributed by atoms with Crippen LogP contribution in [0.1, 0.15) is 24.7 Å². The average Bonchev–Trinajstić information content (AvgIpc) is 3.07. The lowest BCUT2D eigenvalue weighted by Gasteiger charge is -2.11. The van der Waals surface area contributed by atoms with E-state index in [2.05, 4.69) is 20.5 Å². The number of alkyl halides is 3. The van der Waals surface area contributed by atoms with Crippen molar-refractivity contribution in [1.82, 2.24) is 25.1 Å². The summed E-state index contributed by atoms with van der Waals surface area (Å²) >= 11 is 0.977. The Morgan fingerprint density at radius 1 is 1.17 bits per heavy atom. The van der Waals surface area contributed by atoms with E-state index in [1.54, 1.807) is 18.2 Å². The zero-order valence-corrected chi connectivity index (χ0v) is 16.6. The van der Waals surface area contributed by atoms with Crippen molar-refractivity contribution in [3.8, 4) is 5.69 Å². The van der Waals surface area contributed by atoms with Gasteiger partial charge in [-0.25, -0.2) is 9.37 Å². The predicted molar refractivity (Wildman–Crippen MR) is 102 cm³/mol. The van der Waals surface area contributed by atoms with Gasteiger partial charge < -0.3 is 5.32 Å². The van der Waals surface area contributed by atoms with Crippen LogP contribution < -0.4 is 5.32 Å². The zero-order valence-electron chi connectivity index (χ0n) is 15.8. The quantitative estimate of drug-likeness (QED) is 0.444. The number of nitrogens with zero attached hydrogens (tertiary/aromatic N) is 4. The highest BCUT2D eigenvalue weighted by atomic mass is 32.2. The third kappa shape index (κ3) is 5.35. The minimum atomic E-state index is -4.48. The van der Waals surface area contributed by atoms with Crippen LogP contribution in [0.5, 0.6) is 0 Å². The smallest absolute Gasteiger partial charge is 0.356 e. The van der Waals surface area contributed by atoms with E-state index in [9.17, 15) is 22.4 Å². The van der Waals surface area contributed by atoms with E-state index in [1.807, 2.05) is 0 Å². The van der Waals surface area contributed by atoms with Crippen LogP contribution in [0.3, 0.4) is 0 Å². The van der Waals surface area contributed by atoms with Gasteiger partial charge in [-0.3, -0.25) is 9.36 Å². The zero-order chi connectivity index (χ0) is 21.7. The molecule has 2 heterocycles. The standard InChI is InChI=1S/C19H17F4N5OS/c1-12(29)24-10-4-7-16-26-27-18(28(16)15-6-3-2-5-14(15)20)30-17-9-8-13(11-25-17)19(21,22)23/h2-3,5-6,8-9,11H,4,7,10H2,1H3,(H,24,29). The largest absolute Gasteiger partial charge is 0.417 e. The van der Waals surface area contributed by atoms with E-state index in [4.69, 9.17) is 0 Å². The van der Waals surface area contributed by atoms with Crippen LogP contribution in [0.25, 0.3) is 5.69 Å². The van der Waals surface area contributed by atoms with Crippen molar-refractivity contribution in [2.75, 3.05) is 6.54 Å². The van der Waals surface area contributed by atoms with Crippen molar-refractivity contribution in [3.05, 3.63) is 59.8 Å². The number of aryl methyl sites for hydroxylation is 1. The molecule has 3 aromatic rings. The Bertz CT molecular complexity index is 1020. The van der Waals surface area contributed by atoms with Gasteiger partial charge in [0, 0.05) is 26.1 Å². The number of halogens is 4. The Balaban J connectivity index is 1.88. The lowest BCUT2D eigenvalue weighted by molar-refractivity contribution is -0.137. The molecule has 0 spiro atoms. The van der Waals surface area contributed by atoms with Crippen molar-refractivity contribution in [2.24, 2.45) is 0 Å². The molecular formula is C19H17F4N5OS. The summed E-state index contributed by atoms with van der Waals surface area (Å²) in [5, 5.41) is 11.4. The first-order valence-corrected chi connectivity index (χ1v) is 9.72. The number of amides is 1. The fraction of sp³-hybridized carbons (Fsp3) is 0.263. The maximum atomic E-state index is 14.4. The Kier molecular flexibility index (Phi) is 6.70. The molecule has 0 aliphatic carbocycles. The number of nitrogens with one attached hydrogen (secondary N) is 1. The van der Waals surface area contributed by atoms with E-state index in [1.165, 1.54) is 23.6 Å². The maximum Gasteiger partial charge on any atom is 0.417 e. The second-order valence-corrected chi connectivity index (χ2v) is 7.24. The summed E-state index contributed by atoms with van der Waals surface area (Å²) in [5.41, 5.74) is -0.646. The summed E-state index contributed by atoms with van der Waals surface area (Å²) in [6.45, 7) is 1.83. The van der Waals surface area contributed by atoms with Crippen LogP contribution in [0.2, 0.25) is 0 Å². The van der Waals surface area contributed by atoms with Gasteiger partial charge in [0.05, 0.1) is 11.3 Å². The highest BCUT2D eigenvalue weighted by molar-refractivity contribution is 7.99. The first-order valence-electron chi connectivity index (χ1n) is 8.90. The summed E-state index contributed by atoms with van der Waals surface area (Å²) in [7, 11) is 0. The number of rotatable bonds is 7. The summed E-state index contributed by atoms with van der Waals surface area (Å²) in [6, 6.07) is 8.20. The van der Waals surface area contributed by atoms with E-state index < -0.39 is 17.6 Å². The van der Waals surface area contributed by atoms with Crippen LogP contribution in [0, 0.1) is 5.82 Å². The number of carbonyl (C=O) groups is 1. The first kappa shape index (κ1) is 21.8. The molecule has 3 rings (SSSR count). The van der Waals surface area contributed by atoms with Crippen LogP contribution >= 0.6 is 11.8 Å². The molecule has 2 aromatic heterocycles. The summed E-state index contributed by atoms with van der Waals surface area (Å²) in [6.07, 6.45) is -2.79. The molecular weight excluding hydrogens is 422 g/mol. The lowest BCUT2D eigenvalue weighted by atomic mass is 10.2. The predicted octanol–water partition coefficient (Wildman–Crippen LogP) is 4.04. The molecule has 0 saturated carbocycles. The second-order valence-electron chi connectivity index (χ2n) is 6.26. The number of pyridine rings is 1. The normalized spacial score (nSPS) is 11.5. The number of benzene rings is 1. The third-order valence-corrected chi connectivity index (χ3v) is 4.90. The molecule has 0 bridgehead atoms. The third-order valence-electron chi connectivity index (χ3n) is 4.00. The summed E-state index contributed by atoms with van der Waals surface area (Å²) in [5.74, 6) is -0.197. The number of aromatic nitrogens is 4. The molecule has 6 nitrogen and oxygen atoms in total. The van der Waals surface area contributed by atoms with Crippen molar-refractivity contribution in [3.63, 3.8) is 0 Å². The highest BCUT2D eigenvalue weighted by Crippen LogP contribution is 2.32. The molecule has 1 aromatic carbocycles. The van der Waals surface area contributed by atoms with Gasteiger partial charge in [0.15, 0.2) is 0 Å². The minimum Gasteiger partial charge on any atom is -0.356 e. The van der Waals surface area contributed by atoms with Gasteiger partial charge in [-0.2, -0.15) is 13.2 Å². The molecule has 1 amide bonds. The second kappa shape index (κ2) is 9.24. The van der Waals surface area contributed by atoms with Gasteiger partial charge in [0.2, 0.25) is 11.1 Å². The van der Waals surface area contributed by atoms with E-state index in [0.29, 0.717) is 25.2 Å². The molecule has 0 aliphatic rings. The topological polar surface area (TPSA) is 72.7 Å². The Labute approximate surface area is 173 Å².